The van der Waals surface area contributed by atoms with Gasteiger partial charge >= 0.3 is 0 Å². The van der Waals surface area contributed by atoms with Crippen LogP contribution in [0, 0.1) is 6.92 Å². The van der Waals surface area contributed by atoms with E-state index in [9.17, 15) is 0 Å². The van der Waals surface area contributed by atoms with Gasteiger partial charge in [0.2, 0.25) is 5.69 Å². The molecule has 0 saturated heterocycles. The van der Waals surface area contributed by atoms with Crippen LogP contribution in [0.1, 0.15) is 12.6 Å². The molecule has 0 aliphatic rings. The lowest BCUT2D eigenvalue weighted by atomic mass is 10.1. The van der Waals surface area contributed by atoms with Crippen LogP contribution in [0.5, 0.6) is 0 Å². The fourth-order valence-electron chi connectivity index (χ4n) is 2.80. The Kier molecular flexibility index (Phi) is 4.67. The second-order valence-electron chi connectivity index (χ2n) is 5.28. The molecule has 1 aromatic heterocycles. The van der Waals surface area contributed by atoms with Gasteiger partial charge in [-0.25, -0.2) is 0 Å². The van der Waals surface area contributed by atoms with Gasteiger partial charge in [-0.3, -0.25) is 0 Å². The molecule has 5 heteroatoms. The molecule has 0 fully saturated rings. The molecule has 2 nitrogen and oxygen atoms in total. The maximum Gasteiger partial charge on any atom is 0.273 e. The number of hydrogen-bond donors (Lipinski definition) is 0. The van der Waals surface area contributed by atoms with E-state index < -0.39 is 0 Å². The average Bonchev–Trinajstić information content (AvgIpc) is 2.84. The first-order chi connectivity index (χ1) is 11.0. The van der Waals surface area contributed by atoms with Crippen molar-refractivity contribution in [3.8, 4) is 16.9 Å². The highest BCUT2D eigenvalue weighted by atomic mass is 35.5. The SMILES string of the molecule is CCn1c(C)cc(-c2ccccc2)[n+]1-c1c(Cl)cc(Cl)cc1Cl. The van der Waals surface area contributed by atoms with Crippen LogP contribution >= 0.6 is 34.8 Å². The lowest BCUT2D eigenvalue weighted by Gasteiger charge is -2.07. The summed E-state index contributed by atoms with van der Waals surface area (Å²) in [7, 11) is 0. The molecule has 0 spiro atoms. The fourth-order valence-corrected chi connectivity index (χ4v) is 3.78. The molecule has 2 aromatic carbocycles. The highest BCUT2D eigenvalue weighted by Gasteiger charge is 2.29. The highest BCUT2D eigenvalue weighted by Crippen LogP contribution is 2.31. The van der Waals surface area contributed by atoms with Crippen LogP contribution < -0.4 is 4.68 Å². The van der Waals surface area contributed by atoms with Gasteiger partial charge in [0.15, 0.2) is 0 Å². The van der Waals surface area contributed by atoms with E-state index in [1.54, 1.807) is 12.1 Å². The van der Waals surface area contributed by atoms with Gasteiger partial charge < -0.3 is 0 Å². The Bertz CT molecular complexity index is 831. The largest absolute Gasteiger partial charge is 0.273 e. The Labute approximate surface area is 150 Å². The first-order valence-corrected chi connectivity index (χ1v) is 8.49. The monoisotopic (exact) mass is 365 g/mol. The predicted octanol–water partition coefficient (Wildman–Crippen LogP) is 5.72. The first-order valence-electron chi connectivity index (χ1n) is 7.35. The molecule has 0 aliphatic carbocycles. The van der Waals surface area contributed by atoms with Crippen LogP contribution in [0.3, 0.4) is 0 Å². The summed E-state index contributed by atoms with van der Waals surface area (Å²) in [5, 5.41) is 1.58. The van der Waals surface area contributed by atoms with Crippen LogP contribution in [0.2, 0.25) is 15.1 Å². The van der Waals surface area contributed by atoms with Gasteiger partial charge in [0.1, 0.15) is 10.0 Å². The van der Waals surface area contributed by atoms with Crippen molar-refractivity contribution in [3.05, 3.63) is 69.3 Å². The molecule has 118 valence electrons. The molecule has 0 bridgehead atoms. The molecule has 0 atom stereocenters. The quantitative estimate of drug-likeness (QED) is 0.524. The zero-order chi connectivity index (χ0) is 16.6. The third kappa shape index (κ3) is 2.99. The van der Waals surface area contributed by atoms with E-state index in [-0.39, 0.29) is 0 Å². The lowest BCUT2D eigenvalue weighted by Crippen LogP contribution is -2.43. The number of rotatable bonds is 3. The van der Waals surface area contributed by atoms with Gasteiger partial charge in [-0.1, -0.05) is 57.7 Å². The van der Waals surface area contributed by atoms with Crippen molar-refractivity contribution >= 4 is 34.8 Å². The standard InChI is InChI=1S/C18H16Cl3N2/c1-3-22-12(2)9-17(13-7-5-4-6-8-13)23(22)18-15(20)10-14(19)11-16(18)21/h4-11H,3H2,1-2H3/q+1. The molecule has 0 unspecified atom stereocenters. The topological polar surface area (TPSA) is 8.81 Å². The van der Waals surface area contributed by atoms with E-state index in [0.29, 0.717) is 15.1 Å². The van der Waals surface area contributed by atoms with Crippen LogP contribution in [0.4, 0.5) is 0 Å². The number of benzene rings is 2. The Morgan fingerprint density at radius 3 is 2.13 bits per heavy atom. The first kappa shape index (κ1) is 16.4. The number of nitrogens with zero attached hydrogens (tertiary/aromatic N) is 2. The van der Waals surface area contributed by atoms with Gasteiger partial charge in [-0.05, 0) is 38.1 Å². The predicted molar refractivity (Wildman–Crippen MR) is 96.8 cm³/mol. The summed E-state index contributed by atoms with van der Waals surface area (Å²) in [6, 6.07) is 15.8. The zero-order valence-electron chi connectivity index (χ0n) is 12.9. The third-order valence-electron chi connectivity index (χ3n) is 3.78. The van der Waals surface area contributed by atoms with Crippen molar-refractivity contribution in [1.82, 2.24) is 4.68 Å². The van der Waals surface area contributed by atoms with Crippen molar-refractivity contribution in [2.75, 3.05) is 0 Å². The second kappa shape index (κ2) is 6.56. The van der Waals surface area contributed by atoms with E-state index >= 15 is 0 Å². The highest BCUT2D eigenvalue weighted by molar-refractivity contribution is 6.40. The summed E-state index contributed by atoms with van der Waals surface area (Å²) in [4.78, 5) is 0. The number of halogens is 3. The zero-order valence-corrected chi connectivity index (χ0v) is 15.1. The van der Waals surface area contributed by atoms with Crippen LogP contribution in [-0.4, -0.2) is 4.68 Å². The molecule has 0 saturated carbocycles. The molecule has 0 aliphatic heterocycles. The summed E-state index contributed by atoms with van der Waals surface area (Å²) in [5.41, 5.74) is 4.01. The van der Waals surface area contributed by atoms with E-state index in [0.717, 1.165) is 29.2 Å². The molecule has 0 radical (unpaired) electrons. The van der Waals surface area contributed by atoms with E-state index in [4.69, 9.17) is 34.8 Å². The Hall–Kier alpha value is -1.48. The summed E-state index contributed by atoms with van der Waals surface area (Å²) in [6.07, 6.45) is 0. The Morgan fingerprint density at radius 2 is 1.57 bits per heavy atom. The molecular formula is C18H16Cl3N2+. The number of aryl methyl sites for hydroxylation is 1. The Balaban J connectivity index is 2.35. The molecule has 0 N–H and O–H groups in total. The molecule has 1 heterocycles. The number of hydrogen-bond acceptors (Lipinski definition) is 0. The van der Waals surface area contributed by atoms with Crippen molar-refractivity contribution in [1.29, 1.82) is 0 Å². The molecule has 3 aromatic rings. The maximum atomic E-state index is 6.46. The minimum atomic E-state index is 0.525. The maximum absolute atomic E-state index is 6.46. The minimum Gasteiger partial charge on any atom is -0.152 e. The normalized spacial score (nSPS) is 11.0. The number of aromatic nitrogens is 2. The average molecular weight is 367 g/mol. The van der Waals surface area contributed by atoms with Gasteiger partial charge in [0.25, 0.3) is 5.69 Å². The van der Waals surface area contributed by atoms with Crippen molar-refractivity contribution in [2.24, 2.45) is 0 Å². The molecule has 23 heavy (non-hydrogen) atoms. The van der Waals surface area contributed by atoms with E-state index in [1.165, 1.54) is 0 Å². The molecule has 3 rings (SSSR count). The van der Waals surface area contributed by atoms with Gasteiger partial charge in [-0.2, -0.15) is 4.68 Å². The van der Waals surface area contributed by atoms with Crippen LogP contribution in [-0.2, 0) is 6.54 Å². The van der Waals surface area contributed by atoms with E-state index in [1.807, 2.05) is 18.2 Å². The van der Waals surface area contributed by atoms with Crippen molar-refractivity contribution in [2.45, 2.75) is 20.4 Å². The van der Waals surface area contributed by atoms with Gasteiger partial charge in [0.05, 0.1) is 12.2 Å². The van der Waals surface area contributed by atoms with Crippen molar-refractivity contribution < 1.29 is 4.68 Å². The van der Waals surface area contributed by atoms with Crippen LogP contribution in [0.15, 0.2) is 48.5 Å². The second-order valence-corrected chi connectivity index (χ2v) is 6.53. The lowest BCUT2D eigenvalue weighted by molar-refractivity contribution is -0.675. The molecular weight excluding hydrogens is 351 g/mol. The molecule has 0 amide bonds. The minimum absolute atomic E-state index is 0.525. The van der Waals surface area contributed by atoms with Gasteiger partial charge in [0, 0.05) is 16.7 Å². The smallest absolute Gasteiger partial charge is 0.152 e. The summed E-state index contributed by atoms with van der Waals surface area (Å²) >= 11 is 19.0. The Morgan fingerprint density at radius 1 is 0.957 bits per heavy atom. The third-order valence-corrected chi connectivity index (χ3v) is 4.58. The van der Waals surface area contributed by atoms with Gasteiger partial charge in [-0.15, -0.1) is 0 Å². The summed E-state index contributed by atoms with van der Waals surface area (Å²) < 4.78 is 4.20. The fraction of sp³-hybridized carbons (Fsp3) is 0.167. The summed E-state index contributed by atoms with van der Waals surface area (Å²) in [6.45, 7) is 4.97. The van der Waals surface area contributed by atoms with Crippen LogP contribution in [0.25, 0.3) is 16.9 Å². The van der Waals surface area contributed by atoms with E-state index in [2.05, 4.69) is 41.4 Å². The summed E-state index contributed by atoms with van der Waals surface area (Å²) in [5.74, 6) is 0. The van der Waals surface area contributed by atoms with Crippen molar-refractivity contribution in [3.63, 3.8) is 0 Å².